The lowest BCUT2D eigenvalue weighted by atomic mass is 10.00. The summed E-state index contributed by atoms with van der Waals surface area (Å²) in [4.78, 5) is 12.6. The van der Waals surface area contributed by atoms with Gasteiger partial charge in [0, 0.05) is 20.0 Å². The molecule has 1 rings (SSSR count). The Bertz CT molecular complexity index is 195. The Kier molecular flexibility index (Phi) is 2.48. The molecule has 0 saturated carbocycles. The molecule has 1 aliphatic rings. The van der Waals surface area contributed by atoms with Crippen LogP contribution in [0.2, 0.25) is 0 Å². The summed E-state index contributed by atoms with van der Waals surface area (Å²) in [6.45, 7) is 3.01. The third-order valence-corrected chi connectivity index (χ3v) is 2.05. The normalized spacial score (nSPS) is 24.4. The molecule has 0 aromatic heterocycles. The molecule has 0 radical (unpaired) electrons. The zero-order chi connectivity index (χ0) is 8.27. The minimum Gasteiger partial charge on any atom is -0.342 e. The molecular formula is C8H12N2O. The Labute approximate surface area is 66.6 Å². The molecular weight excluding hydrogens is 140 g/mol. The molecule has 0 aliphatic carbocycles. The summed E-state index contributed by atoms with van der Waals surface area (Å²) in [7, 11) is 0. The van der Waals surface area contributed by atoms with Gasteiger partial charge in [-0.3, -0.25) is 4.79 Å². The molecule has 1 amide bonds. The third kappa shape index (κ3) is 1.94. The van der Waals surface area contributed by atoms with Gasteiger partial charge in [0.25, 0.3) is 0 Å². The number of carbonyl (C=O) groups excluding carboxylic acids is 1. The number of hydrogen-bond acceptors (Lipinski definition) is 2. The lowest BCUT2D eigenvalue weighted by Crippen LogP contribution is -2.37. The fraction of sp³-hybridized carbons (Fsp3) is 0.750. The first-order valence-corrected chi connectivity index (χ1v) is 3.89. The summed E-state index contributed by atoms with van der Waals surface area (Å²) in [5, 5.41) is 8.60. The molecule has 0 spiro atoms. The highest BCUT2D eigenvalue weighted by Crippen LogP contribution is 2.14. The zero-order valence-electron chi connectivity index (χ0n) is 6.71. The number of nitrogens with zero attached hydrogens (tertiary/aromatic N) is 2. The van der Waals surface area contributed by atoms with Crippen molar-refractivity contribution in [3.8, 4) is 6.07 Å². The minimum atomic E-state index is 0.0626. The first kappa shape index (κ1) is 8.06. The minimum absolute atomic E-state index is 0.0626. The van der Waals surface area contributed by atoms with Crippen LogP contribution in [0.15, 0.2) is 0 Å². The number of rotatable bonds is 0. The lowest BCUT2D eigenvalue weighted by Gasteiger charge is -2.28. The molecule has 0 unspecified atom stereocenters. The van der Waals surface area contributed by atoms with E-state index in [-0.39, 0.29) is 11.8 Å². The van der Waals surface area contributed by atoms with E-state index in [0.29, 0.717) is 6.54 Å². The van der Waals surface area contributed by atoms with Crippen LogP contribution in [-0.4, -0.2) is 23.9 Å². The van der Waals surface area contributed by atoms with Crippen molar-refractivity contribution < 1.29 is 4.79 Å². The molecule has 60 valence electrons. The molecule has 1 fully saturated rings. The van der Waals surface area contributed by atoms with Crippen molar-refractivity contribution in [1.29, 1.82) is 5.26 Å². The van der Waals surface area contributed by atoms with Crippen molar-refractivity contribution in [2.24, 2.45) is 5.92 Å². The number of piperidine rings is 1. The van der Waals surface area contributed by atoms with E-state index in [9.17, 15) is 4.79 Å². The van der Waals surface area contributed by atoms with Crippen molar-refractivity contribution in [2.45, 2.75) is 19.8 Å². The van der Waals surface area contributed by atoms with E-state index in [0.717, 1.165) is 19.4 Å². The monoisotopic (exact) mass is 152 g/mol. The van der Waals surface area contributed by atoms with Gasteiger partial charge in [0.1, 0.15) is 0 Å². The standard InChI is InChI=1S/C8H12N2O/c1-7(11)10-4-2-3-8(5-9)6-10/h8H,2-4,6H2,1H3/t8-/m1/s1. The molecule has 1 heterocycles. The Balaban J connectivity index is 2.47. The molecule has 0 aromatic rings. The predicted molar refractivity (Wildman–Crippen MR) is 40.6 cm³/mol. The van der Waals surface area contributed by atoms with Gasteiger partial charge in [0.05, 0.1) is 12.0 Å². The molecule has 0 bridgehead atoms. The first-order chi connectivity index (χ1) is 5.24. The summed E-state index contributed by atoms with van der Waals surface area (Å²) < 4.78 is 0. The molecule has 1 saturated heterocycles. The second-order valence-electron chi connectivity index (χ2n) is 2.93. The van der Waals surface area contributed by atoms with Crippen LogP contribution in [0.5, 0.6) is 0 Å². The topological polar surface area (TPSA) is 44.1 Å². The Hall–Kier alpha value is -1.04. The molecule has 3 nitrogen and oxygen atoms in total. The van der Waals surface area contributed by atoms with E-state index in [1.54, 1.807) is 11.8 Å². The van der Waals surface area contributed by atoms with Gasteiger partial charge in [0.15, 0.2) is 0 Å². The van der Waals surface area contributed by atoms with Gasteiger partial charge in [-0.25, -0.2) is 0 Å². The van der Waals surface area contributed by atoms with Crippen LogP contribution < -0.4 is 0 Å². The first-order valence-electron chi connectivity index (χ1n) is 3.89. The lowest BCUT2D eigenvalue weighted by molar-refractivity contribution is -0.130. The van der Waals surface area contributed by atoms with Gasteiger partial charge < -0.3 is 4.90 Å². The SMILES string of the molecule is CC(=O)N1CCC[C@H](C#N)C1. The fourth-order valence-corrected chi connectivity index (χ4v) is 1.37. The molecule has 11 heavy (non-hydrogen) atoms. The van der Waals surface area contributed by atoms with E-state index in [1.165, 1.54) is 0 Å². The van der Waals surface area contributed by atoms with Crippen LogP contribution in [0, 0.1) is 17.2 Å². The third-order valence-electron chi connectivity index (χ3n) is 2.05. The van der Waals surface area contributed by atoms with E-state index in [4.69, 9.17) is 5.26 Å². The highest BCUT2D eigenvalue weighted by molar-refractivity contribution is 5.73. The van der Waals surface area contributed by atoms with Crippen LogP contribution >= 0.6 is 0 Å². The number of amides is 1. The molecule has 3 heteroatoms. The molecule has 0 aromatic carbocycles. The van der Waals surface area contributed by atoms with Gasteiger partial charge in [-0.05, 0) is 12.8 Å². The number of carbonyl (C=O) groups is 1. The van der Waals surface area contributed by atoms with E-state index >= 15 is 0 Å². The van der Waals surface area contributed by atoms with Crippen LogP contribution in [0.3, 0.4) is 0 Å². The van der Waals surface area contributed by atoms with Crippen molar-refractivity contribution in [3.05, 3.63) is 0 Å². The van der Waals surface area contributed by atoms with Gasteiger partial charge in [-0.1, -0.05) is 0 Å². The van der Waals surface area contributed by atoms with Crippen LogP contribution in [0.25, 0.3) is 0 Å². The quantitative estimate of drug-likeness (QED) is 0.514. The maximum absolute atomic E-state index is 10.9. The van der Waals surface area contributed by atoms with E-state index in [2.05, 4.69) is 6.07 Å². The highest BCUT2D eigenvalue weighted by atomic mass is 16.2. The zero-order valence-corrected chi connectivity index (χ0v) is 6.71. The number of likely N-dealkylation sites (tertiary alicyclic amines) is 1. The largest absolute Gasteiger partial charge is 0.342 e. The molecule has 1 aliphatic heterocycles. The Morgan fingerprint density at radius 3 is 3.00 bits per heavy atom. The summed E-state index contributed by atoms with van der Waals surface area (Å²) in [6, 6.07) is 2.19. The van der Waals surface area contributed by atoms with Gasteiger partial charge in [0.2, 0.25) is 5.91 Å². The van der Waals surface area contributed by atoms with E-state index in [1.807, 2.05) is 0 Å². The Morgan fingerprint density at radius 1 is 1.73 bits per heavy atom. The van der Waals surface area contributed by atoms with Gasteiger partial charge in [-0.15, -0.1) is 0 Å². The van der Waals surface area contributed by atoms with Crippen molar-refractivity contribution in [3.63, 3.8) is 0 Å². The average Bonchev–Trinajstić information content (AvgIpc) is 2.05. The average molecular weight is 152 g/mol. The maximum atomic E-state index is 10.9. The number of hydrogen-bond donors (Lipinski definition) is 0. The van der Waals surface area contributed by atoms with Crippen molar-refractivity contribution in [1.82, 2.24) is 4.90 Å². The van der Waals surface area contributed by atoms with Gasteiger partial charge in [-0.2, -0.15) is 5.26 Å². The number of nitriles is 1. The van der Waals surface area contributed by atoms with Crippen LogP contribution in [-0.2, 0) is 4.79 Å². The van der Waals surface area contributed by atoms with E-state index < -0.39 is 0 Å². The second-order valence-corrected chi connectivity index (χ2v) is 2.93. The predicted octanol–water partition coefficient (Wildman–Crippen LogP) is 0.768. The summed E-state index contributed by atoms with van der Waals surface area (Å²) >= 11 is 0. The van der Waals surface area contributed by atoms with Gasteiger partial charge >= 0.3 is 0 Å². The van der Waals surface area contributed by atoms with Crippen molar-refractivity contribution in [2.75, 3.05) is 13.1 Å². The van der Waals surface area contributed by atoms with Crippen LogP contribution in [0.1, 0.15) is 19.8 Å². The highest BCUT2D eigenvalue weighted by Gasteiger charge is 2.20. The smallest absolute Gasteiger partial charge is 0.219 e. The maximum Gasteiger partial charge on any atom is 0.219 e. The summed E-state index contributed by atoms with van der Waals surface area (Å²) in [5.74, 6) is 0.151. The second kappa shape index (κ2) is 3.38. The summed E-state index contributed by atoms with van der Waals surface area (Å²) in [6.07, 6.45) is 1.91. The van der Waals surface area contributed by atoms with Crippen molar-refractivity contribution >= 4 is 5.91 Å². The molecule has 1 atom stereocenters. The fourth-order valence-electron chi connectivity index (χ4n) is 1.37. The Morgan fingerprint density at radius 2 is 2.45 bits per heavy atom. The summed E-state index contributed by atoms with van der Waals surface area (Å²) in [5.41, 5.74) is 0. The molecule has 0 N–H and O–H groups in total. The van der Waals surface area contributed by atoms with Crippen LogP contribution in [0.4, 0.5) is 0 Å².